The molecule has 0 bridgehead atoms. The van der Waals surface area contributed by atoms with Gasteiger partial charge in [0.1, 0.15) is 0 Å². The van der Waals surface area contributed by atoms with Crippen LogP contribution in [-0.4, -0.2) is 30.8 Å². The molecule has 5 nitrogen and oxygen atoms in total. The third-order valence-electron chi connectivity index (χ3n) is 4.04. The van der Waals surface area contributed by atoms with Crippen molar-refractivity contribution in [1.82, 2.24) is 5.32 Å². The number of hydrogen-bond donors (Lipinski definition) is 1. The summed E-state index contributed by atoms with van der Waals surface area (Å²) in [4.78, 5) is 36.6. The van der Waals surface area contributed by atoms with Gasteiger partial charge in [-0.1, -0.05) is 37.5 Å². The standard InChI is InChI=1S/C17H21NO4/c1-22-17(21)14(15(19)12-8-4-2-5-9-12)18-16(20)13-10-6-3-7-11-13/h3,6-7,10-12,14H,2,4-5,8-9H2,1H3,(H,18,20). The number of Topliss-reactive ketones (excluding diaryl/α,β-unsaturated/α-hetero) is 1. The maximum Gasteiger partial charge on any atom is 0.336 e. The number of carbonyl (C=O) groups is 3. The lowest BCUT2D eigenvalue weighted by Crippen LogP contribution is -2.49. The minimum absolute atomic E-state index is 0.172. The van der Waals surface area contributed by atoms with Gasteiger partial charge < -0.3 is 10.1 Å². The Morgan fingerprint density at radius 1 is 1.09 bits per heavy atom. The summed E-state index contributed by atoms with van der Waals surface area (Å²) >= 11 is 0. The SMILES string of the molecule is COC(=O)C(NC(=O)c1ccccc1)C(=O)C1CCCCC1. The molecule has 1 amide bonds. The van der Waals surface area contributed by atoms with Crippen molar-refractivity contribution in [1.29, 1.82) is 0 Å². The van der Waals surface area contributed by atoms with Gasteiger partial charge in [0.25, 0.3) is 5.91 Å². The Morgan fingerprint density at radius 3 is 2.32 bits per heavy atom. The van der Waals surface area contributed by atoms with Crippen molar-refractivity contribution in [2.24, 2.45) is 5.92 Å². The van der Waals surface area contributed by atoms with Crippen molar-refractivity contribution in [2.45, 2.75) is 38.1 Å². The second-order valence-electron chi connectivity index (χ2n) is 5.53. The molecular weight excluding hydrogens is 282 g/mol. The first-order chi connectivity index (χ1) is 10.6. The first kappa shape index (κ1) is 16.2. The van der Waals surface area contributed by atoms with Crippen molar-refractivity contribution in [3.8, 4) is 0 Å². The van der Waals surface area contributed by atoms with Gasteiger partial charge in [0, 0.05) is 11.5 Å². The Labute approximate surface area is 130 Å². The van der Waals surface area contributed by atoms with Crippen LogP contribution < -0.4 is 5.32 Å². The highest BCUT2D eigenvalue weighted by molar-refractivity contribution is 6.08. The number of ether oxygens (including phenoxy) is 1. The zero-order chi connectivity index (χ0) is 15.9. The molecule has 1 aliphatic rings. The first-order valence-electron chi connectivity index (χ1n) is 7.61. The lowest BCUT2D eigenvalue weighted by Gasteiger charge is -2.24. The second kappa shape index (κ2) is 7.73. The van der Waals surface area contributed by atoms with Gasteiger partial charge >= 0.3 is 5.97 Å². The molecule has 0 heterocycles. The fourth-order valence-electron chi connectivity index (χ4n) is 2.79. The van der Waals surface area contributed by atoms with Crippen LogP contribution in [0.3, 0.4) is 0 Å². The van der Waals surface area contributed by atoms with Crippen LogP contribution in [0, 0.1) is 5.92 Å². The van der Waals surface area contributed by atoms with Gasteiger partial charge in [0.2, 0.25) is 0 Å². The Morgan fingerprint density at radius 2 is 1.73 bits per heavy atom. The topological polar surface area (TPSA) is 72.5 Å². The van der Waals surface area contributed by atoms with E-state index in [0.717, 1.165) is 32.1 Å². The zero-order valence-electron chi connectivity index (χ0n) is 12.7. The molecule has 1 aromatic rings. The fraction of sp³-hybridized carbons (Fsp3) is 0.471. The van der Waals surface area contributed by atoms with E-state index in [-0.39, 0.29) is 11.7 Å². The van der Waals surface area contributed by atoms with E-state index >= 15 is 0 Å². The average Bonchev–Trinajstić information content (AvgIpc) is 2.59. The lowest BCUT2D eigenvalue weighted by molar-refractivity contribution is -0.147. The highest BCUT2D eigenvalue weighted by Gasteiger charge is 2.35. The molecule has 1 aromatic carbocycles. The van der Waals surface area contributed by atoms with Crippen molar-refractivity contribution in [2.75, 3.05) is 7.11 Å². The van der Waals surface area contributed by atoms with Crippen molar-refractivity contribution >= 4 is 17.7 Å². The highest BCUT2D eigenvalue weighted by Crippen LogP contribution is 2.25. The van der Waals surface area contributed by atoms with Crippen molar-refractivity contribution in [3.63, 3.8) is 0 Å². The van der Waals surface area contributed by atoms with Gasteiger partial charge in [-0.2, -0.15) is 0 Å². The molecule has 1 fully saturated rings. The van der Waals surface area contributed by atoms with E-state index in [1.807, 2.05) is 0 Å². The van der Waals surface area contributed by atoms with Gasteiger partial charge in [-0.3, -0.25) is 9.59 Å². The monoisotopic (exact) mass is 303 g/mol. The number of ketones is 1. The summed E-state index contributed by atoms with van der Waals surface area (Å²) in [6, 6.07) is 7.29. The summed E-state index contributed by atoms with van der Waals surface area (Å²) in [7, 11) is 1.22. The van der Waals surface area contributed by atoms with Crippen LogP contribution in [0.15, 0.2) is 30.3 Å². The minimum Gasteiger partial charge on any atom is -0.467 e. The van der Waals surface area contributed by atoms with Gasteiger partial charge in [0.15, 0.2) is 11.8 Å². The Bertz CT molecular complexity index is 535. The van der Waals surface area contributed by atoms with Crippen molar-refractivity contribution in [3.05, 3.63) is 35.9 Å². The van der Waals surface area contributed by atoms with Crippen LogP contribution >= 0.6 is 0 Å². The van der Waals surface area contributed by atoms with Crippen LogP contribution in [0.25, 0.3) is 0 Å². The molecule has 5 heteroatoms. The largest absolute Gasteiger partial charge is 0.467 e. The van der Waals surface area contributed by atoms with Crippen LogP contribution in [0.2, 0.25) is 0 Å². The summed E-state index contributed by atoms with van der Waals surface area (Å²) in [5, 5.41) is 2.52. The molecule has 1 N–H and O–H groups in total. The van der Waals surface area contributed by atoms with Crippen LogP contribution in [0.4, 0.5) is 0 Å². The molecule has 0 spiro atoms. The predicted molar refractivity (Wildman–Crippen MR) is 81.3 cm³/mol. The van der Waals surface area contributed by atoms with Crippen LogP contribution in [0.5, 0.6) is 0 Å². The molecule has 118 valence electrons. The van der Waals surface area contributed by atoms with E-state index in [0.29, 0.717) is 5.56 Å². The van der Waals surface area contributed by atoms with E-state index in [9.17, 15) is 14.4 Å². The van der Waals surface area contributed by atoms with E-state index in [1.165, 1.54) is 7.11 Å². The van der Waals surface area contributed by atoms with Gasteiger partial charge in [-0.15, -0.1) is 0 Å². The first-order valence-corrected chi connectivity index (χ1v) is 7.61. The summed E-state index contributed by atoms with van der Waals surface area (Å²) in [5.74, 6) is -1.57. The number of carbonyl (C=O) groups excluding carboxylic acids is 3. The summed E-state index contributed by atoms with van der Waals surface area (Å²) in [6.45, 7) is 0. The van der Waals surface area contributed by atoms with E-state index in [4.69, 9.17) is 0 Å². The smallest absolute Gasteiger partial charge is 0.336 e. The minimum atomic E-state index is -1.22. The molecule has 1 atom stereocenters. The molecular formula is C17H21NO4. The predicted octanol–water partition coefficient (Wildman–Crippen LogP) is 2.11. The van der Waals surface area contributed by atoms with Crippen molar-refractivity contribution < 1.29 is 19.1 Å². The molecule has 0 aliphatic heterocycles. The number of esters is 1. The normalized spacial score (nSPS) is 16.6. The number of amides is 1. The fourth-order valence-corrected chi connectivity index (χ4v) is 2.79. The Kier molecular flexibility index (Phi) is 5.69. The third kappa shape index (κ3) is 3.93. The number of benzene rings is 1. The zero-order valence-corrected chi connectivity index (χ0v) is 12.7. The highest BCUT2D eigenvalue weighted by atomic mass is 16.5. The van der Waals surface area contributed by atoms with E-state index < -0.39 is 17.9 Å². The molecule has 0 radical (unpaired) electrons. The number of rotatable bonds is 5. The summed E-state index contributed by atoms with van der Waals surface area (Å²) in [5.41, 5.74) is 0.410. The number of hydrogen-bond acceptors (Lipinski definition) is 4. The lowest BCUT2D eigenvalue weighted by atomic mass is 9.83. The number of methoxy groups -OCH3 is 1. The molecule has 1 aliphatic carbocycles. The molecule has 22 heavy (non-hydrogen) atoms. The molecule has 2 rings (SSSR count). The molecule has 1 saturated carbocycles. The summed E-state index contributed by atoms with van der Waals surface area (Å²) < 4.78 is 4.69. The molecule has 0 aromatic heterocycles. The molecule has 0 saturated heterocycles. The van der Waals surface area contributed by atoms with Crippen LogP contribution in [0.1, 0.15) is 42.5 Å². The van der Waals surface area contributed by atoms with E-state index in [1.54, 1.807) is 30.3 Å². The Hall–Kier alpha value is -2.17. The average molecular weight is 303 g/mol. The second-order valence-corrected chi connectivity index (χ2v) is 5.53. The van der Waals surface area contributed by atoms with Gasteiger partial charge in [-0.05, 0) is 25.0 Å². The quantitative estimate of drug-likeness (QED) is 0.668. The molecule has 1 unspecified atom stereocenters. The third-order valence-corrected chi connectivity index (χ3v) is 4.04. The number of nitrogens with one attached hydrogen (secondary N) is 1. The summed E-state index contributed by atoms with van der Waals surface area (Å²) in [6.07, 6.45) is 4.62. The maximum absolute atomic E-state index is 12.5. The maximum atomic E-state index is 12.5. The van der Waals surface area contributed by atoms with Gasteiger partial charge in [-0.25, -0.2) is 4.79 Å². The van der Waals surface area contributed by atoms with Crippen LogP contribution in [-0.2, 0) is 14.3 Å². The Balaban J connectivity index is 2.10. The van der Waals surface area contributed by atoms with E-state index in [2.05, 4.69) is 10.1 Å². The van der Waals surface area contributed by atoms with Gasteiger partial charge in [0.05, 0.1) is 7.11 Å².